The van der Waals surface area contributed by atoms with Crippen molar-refractivity contribution in [3.8, 4) is 6.07 Å². The first-order chi connectivity index (χ1) is 8.30. The fourth-order valence-corrected chi connectivity index (χ4v) is 3.12. The summed E-state index contributed by atoms with van der Waals surface area (Å²) in [6.07, 6.45) is 0.120. The number of rotatable bonds is 4. The molecule has 1 aromatic rings. The Morgan fingerprint density at radius 1 is 1.50 bits per heavy atom. The van der Waals surface area contributed by atoms with Gasteiger partial charge in [0.1, 0.15) is 4.90 Å². The summed E-state index contributed by atoms with van der Waals surface area (Å²) in [5, 5.41) is 8.60. The van der Waals surface area contributed by atoms with Gasteiger partial charge in [-0.05, 0) is 24.6 Å². The summed E-state index contributed by atoms with van der Waals surface area (Å²) in [6, 6.07) is 4.75. The highest BCUT2D eigenvalue weighted by Gasteiger charge is 2.24. The second kappa shape index (κ2) is 5.57. The summed E-state index contributed by atoms with van der Waals surface area (Å²) in [4.78, 5) is -0.0345. The topological polar surface area (TPSA) is 87.2 Å². The van der Waals surface area contributed by atoms with Crippen molar-refractivity contribution in [1.29, 1.82) is 5.26 Å². The van der Waals surface area contributed by atoms with Crippen molar-refractivity contribution in [1.82, 2.24) is 4.31 Å². The van der Waals surface area contributed by atoms with E-state index in [-0.39, 0.29) is 22.9 Å². The third-order valence-electron chi connectivity index (χ3n) is 2.55. The van der Waals surface area contributed by atoms with Crippen LogP contribution in [-0.4, -0.2) is 26.3 Å². The minimum Gasteiger partial charge on any atom is -0.398 e. The zero-order chi connectivity index (χ0) is 13.9. The van der Waals surface area contributed by atoms with Gasteiger partial charge in [0.2, 0.25) is 10.0 Å². The molecule has 2 N–H and O–H groups in total. The monoisotopic (exact) mass is 287 g/mol. The zero-order valence-corrected chi connectivity index (χ0v) is 11.7. The predicted molar refractivity (Wildman–Crippen MR) is 70.6 cm³/mol. The molecule has 5 nitrogen and oxygen atoms in total. The fraction of sp³-hybridized carbons (Fsp3) is 0.364. The van der Waals surface area contributed by atoms with E-state index < -0.39 is 10.0 Å². The molecular formula is C11H14ClN3O2S. The highest BCUT2D eigenvalue weighted by atomic mass is 35.5. The molecule has 0 amide bonds. The van der Waals surface area contributed by atoms with Gasteiger partial charge in [-0.3, -0.25) is 0 Å². The quantitative estimate of drug-likeness (QED) is 0.855. The maximum absolute atomic E-state index is 12.2. The van der Waals surface area contributed by atoms with Crippen molar-refractivity contribution < 1.29 is 8.42 Å². The molecule has 0 heterocycles. The van der Waals surface area contributed by atoms with Crippen LogP contribution in [0.2, 0.25) is 5.02 Å². The Kier molecular flexibility index (Phi) is 4.57. The number of anilines is 1. The SMILES string of the molecule is Cc1cc(Cl)c(S(=O)(=O)N(C)CCC#N)cc1N. The molecule has 0 unspecified atom stereocenters. The van der Waals surface area contributed by atoms with Crippen LogP contribution in [0.25, 0.3) is 0 Å². The Morgan fingerprint density at radius 3 is 2.67 bits per heavy atom. The number of hydrogen-bond donors (Lipinski definition) is 1. The van der Waals surface area contributed by atoms with Crippen LogP contribution >= 0.6 is 11.6 Å². The summed E-state index contributed by atoms with van der Waals surface area (Å²) >= 11 is 5.94. The molecule has 0 aromatic heterocycles. The number of aryl methyl sites for hydroxylation is 1. The Bertz CT molecular complexity index is 593. The van der Waals surface area contributed by atoms with Crippen molar-refractivity contribution in [2.45, 2.75) is 18.2 Å². The van der Waals surface area contributed by atoms with Crippen LogP contribution in [0.15, 0.2) is 17.0 Å². The van der Waals surface area contributed by atoms with Crippen LogP contribution < -0.4 is 5.73 Å². The average molecular weight is 288 g/mol. The molecule has 0 aliphatic heterocycles. The lowest BCUT2D eigenvalue weighted by Crippen LogP contribution is -2.28. The Labute approximate surface area is 112 Å². The number of sulfonamides is 1. The number of halogens is 1. The summed E-state index contributed by atoms with van der Waals surface area (Å²) < 4.78 is 25.5. The molecule has 0 bridgehead atoms. The molecule has 1 aromatic carbocycles. The average Bonchev–Trinajstić information content (AvgIpc) is 2.30. The van der Waals surface area contributed by atoms with E-state index in [2.05, 4.69) is 0 Å². The molecule has 0 spiro atoms. The van der Waals surface area contributed by atoms with Crippen LogP contribution in [0.4, 0.5) is 5.69 Å². The fourth-order valence-electron chi connectivity index (χ4n) is 1.36. The van der Waals surface area contributed by atoms with Crippen LogP contribution in [0, 0.1) is 18.3 Å². The maximum Gasteiger partial charge on any atom is 0.244 e. The summed E-state index contributed by atoms with van der Waals surface area (Å²) in [5.41, 5.74) is 6.78. The van der Waals surface area contributed by atoms with E-state index in [0.29, 0.717) is 5.69 Å². The van der Waals surface area contributed by atoms with Gasteiger partial charge in [-0.2, -0.15) is 9.57 Å². The molecule has 1 rings (SSSR count). The van der Waals surface area contributed by atoms with E-state index >= 15 is 0 Å². The third-order valence-corrected chi connectivity index (χ3v) is 4.87. The van der Waals surface area contributed by atoms with Gasteiger partial charge in [-0.25, -0.2) is 8.42 Å². The van der Waals surface area contributed by atoms with Gasteiger partial charge in [-0.15, -0.1) is 0 Å². The molecule has 0 atom stereocenters. The highest BCUT2D eigenvalue weighted by molar-refractivity contribution is 7.89. The first-order valence-corrected chi connectivity index (χ1v) is 7.01. The summed E-state index contributed by atoms with van der Waals surface area (Å²) in [5.74, 6) is 0. The number of nitrogens with two attached hydrogens (primary N) is 1. The smallest absolute Gasteiger partial charge is 0.244 e. The Hall–Kier alpha value is -1.29. The Morgan fingerprint density at radius 2 is 2.11 bits per heavy atom. The highest BCUT2D eigenvalue weighted by Crippen LogP contribution is 2.28. The predicted octanol–water partition coefficient (Wildman–Crippen LogP) is 1.76. The largest absolute Gasteiger partial charge is 0.398 e. The van der Waals surface area contributed by atoms with Gasteiger partial charge in [-0.1, -0.05) is 11.6 Å². The summed E-state index contributed by atoms with van der Waals surface area (Å²) in [6.45, 7) is 1.86. The van der Waals surface area contributed by atoms with Gasteiger partial charge in [0.05, 0.1) is 11.1 Å². The van der Waals surface area contributed by atoms with Crippen LogP contribution in [0.1, 0.15) is 12.0 Å². The molecule has 98 valence electrons. The van der Waals surface area contributed by atoms with Gasteiger partial charge < -0.3 is 5.73 Å². The van der Waals surface area contributed by atoms with Crippen LogP contribution in [-0.2, 0) is 10.0 Å². The lowest BCUT2D eigenvalue weighted by molar-refractivity contribution is 0.476. The van der Waals surface area contributed by atoms with E-state index in [1.807, 2.05) is 6.07 Å². The molecule has 7 heteroatoms. The van der Waals surface area contributed by atoms with Crippen LogP contribution in [0.5, 0.6) is 0 Å². The van der Waals surface area contributed by atoms with E-state index in [1.54, 1.807) is 6.92 Å². The minimum atomic E-state index is -3.71. The molecule has 0 radical (unpaired) electrons. The second-order valence-corrected chi connectivity index (χ2v) is 6.29. The first kappa shape index (κ1) is 14.8. The molecule has 18 heavy (non-hydrogen) atoms. The van der Waals surface area contributed by atoms with E-state index in [4.69, 9.17) is 22.6 Å². The van der Waals surface area contributed by atoms with Crippen molar-refractivity contribution in [2.24, 2.45) is 0 Å². The lowest BCUT2D eigenvalue weighted by atomic mass is 10.2. The second-order valence-electron chi connectivity index (χ2n) is 3.87. The normalized spacial score (nSPS) is 11.5. The van der Waals surface area contributed by atoms with E-state index in [9.17, 15) is 8.42 Å². The zero-order valence-electron chi connectivity index (χ0n) is 10.1. The van der Waals surface area contributed by atoms with Gasteiger partial charge in [0.15, 0.2) is 0 Å². The van der Waals surface area contributed by atoms with Crippen molar-refractivity contribution in [2.75, 3.05) is 19.3 Å². The van der Waals surface area contributed by atoms with Crippen molar-refractivity contribution in [3.05, 3.63) is 22.7 Å². The van der Waals surface area contributed by atoms with Gasteiger partial charge in [0, 0.05) is 25.7 Å². The molecule has 0 fully saturated rings. The molecule has 0 aliphatic rings. The molecule has 0 saturated heterocycles. The summed E-state index contributed by atoms with van der Waals surface area (Å²) in [7, 11) is -2.31. The van der Waals surface area contributed by atoms with Crippen LogP contribution in [0.3, 0.4) is 0 Å². The molecular weight excluding hydrogens is 274 g/mol. The number of hydrogen-bond acceptors (Lipinski definition) is 4. The number of nitrogens with zero attached hydrogens (tertiary/aromatic N) is 2. The van der Waals surface area contributed by atoms with E-state index in [0.717, 1.165) is 9.87 Å². The van der Waals surface area contributed by atoms with Gasteiger partial charge >= 0.3 is 0 Å². The maximum atomic E-state index is 12.2. The first-order valence-electron chi connectivity index (χ1n) is 5.19. The third kappa shape index (κ3) is 2.93. The number of benzene rings is 1. The van der Waals surface area contributed by atoms with E-state index in [1.165, 1.54) is 19.2 Å². The van der Waals surface area contributed by atoms with Crippen molar-refractivity contribution >= 4 is 27.3 Å². The number of nitrogen functional groups attached to an aromatic ring is 1. The van der Waals surface area contributed by atoms with Crippen molar-refractivity contribution in [3.63, 3.8) is 0 Å². The van der Waals surface area contributed by atoms with Gasteiger partial charge in [0.25, 0.3) is 0 Å². The molecule has 0 saturated carbocycles. The lowest BCUT2D eigenvalue weighted by Gasteiger charge is -2.17. The standard InChI is InChI=1S/C11H14ClN3O2S/c1-8-6-9(12)11(7-10(8)14)18(16,17)15(2)5-3-4-13/h6-7H,3,5,14H2,1-2H3. The number of nitriles is 1. The molecule has 0 aliphatic carbocycles. The minimum absolute atomic E-state index is 0.0345. The Balaban J connectivity index is 3.21.